The van der Waals surface area contributed by atoms with E-state index in [0.717, 1.165) is 0 Å². The van der Waals surface area contributed by atoms with E-state index in [0.29, 0.717) is 19.3 Å². The van der Waals surface area contributed by atoms with Gasteiger partial charge in [0.1, 0.15) is 18.5 Å². The number of fused-ring (bicyclic) bond motifs is 2. The Hall–Kier alpha value is -1.64. The number of nitrogen functional groups attached to an aromatic ring is 1. The first-order chi connectivity index (χ1) is 15.7. The molecule has 16 heteroatoms. The molecule has 0 bridgehead atoms. The summed E-state index contributed by atoms with van der Waals surface area (Å²) in [5.41, 5.74) is 6.54. The van der Waals surface area contributed by atoms with Gasteiger partial charge in [0.25, 0.3) is 7.82 Å². The Morgan fingerprint density at radius 2 is 2.06 bits per heavy atom. The SMILES string of the molecule is CCCC(=O)Nc1ncnc2c1nc(N)n2[C@@H]1O[C@@H]2COP(=O)([O-])O[C@H]2[C@H]1OC(=O)CCC.[Na+]. The topological polar surface area (TPSA) is 193 Å². The molecule has 2 saturated heterocycles. The van der Waals surface area contributed by atoms with Crippen LogP contribution in [0, 0.1) is 0 Å². The maximum Gasteiger partial charge on any atom is 1.00 e. The molecule has 34 heavy (non-hydrogen) atoms. The normalized spacial score (nSPS) is 28.2. The van der Waals surface area contributed by atoms with Crippen LogP contribution in [0.5, 0.6) is 0 Å². The fourth-order valence-corrected chi connectivity index (χ4v) is 4.70. The van der Waals surface area contributed by atoms with Crippen LogP contribution in [0.25, 0.3) is 11.2 Å². The Balaban J connectivity index is 0.00000324. The first-order valence-electron chi connectivity index (χ1n) is 10.5. The van der Waals surface area contributed by atoms with E-state index >= 15 is 0 Å². The van der Waals surface area contributed by atoms with Gasteiger partial charge in [0.2, 0.25) is 11.9 Å². The molecule has 4 rings (SSSR count). The minimum absolute atomic E-state index is 0. The molecule has 1 amide bonds. The first kappa shape index (κ1) is 27.0. The van der Waals surface area contributed by atoms with E-state index in [4.69, 9.17) is 24.3 Å². The number of nitrogens with one attached hydrogen (secondary N) is 1. The molecule has 2 aliphatic heterocycles. The second kappa shape index (κ2) is 11.0. The van der Waals surface area contributed by atoms with Gasteiger partial charge < -0.3 is 34.5 Å². The summed E-state index contributed by atoms with van der Waals surface area (Å²) < 4.78 is 34.6. The van der Waals surface area contributed by atoms with E-state index in [-0.39, 0.29) is 71.4 Å². The van der Waals surface area contributed by atoms with E-state index in [1.807, 2.05) is 6.92 Å². The molecule has 3 N–H and O–H groups in total. The van der Waals surface area contributed by atoms with Crippen LogP contribution in [0.15, 0.2) is 6.33 Å². The summed E-state index contributed by atoms with van der Waals surface area (Å²) in [6.07, 6.45) is -1.49. The molecule has 2 aromatic rings. The second-order valence-electron chi connectivity index (χ2n) is 7.62. The van der Waals surface area contributed by atoms with Crippen molar-refractivity contribution in [2.24, 2.45) is 0 Å². The number of carbonyl (C=O) groups excluding carboxylic acids is 2. The van der Waals surface area contributed by atoms with Gasteiger partial charge in [0.15, 0.2) is 29.3 Å². The summed E-state index contributed by atoms with van der Waals surface area (Å²) in [6, 6.07) is 0. The van der Waals surface area contributed by atoms with Gasteiger partial charge in [-0.05, 0) is 12.8 Å². The Labute approximate surface area is 216 Å². The Kier molecular flexibility index (Phi) is 8.69. The molecular formula is C18H24N6NaO8P. The number of hydrogen-bond acceptors (Lipinski definition) is 12. The van der Waals surface area contributed by atoms with Gasteiger partial charge in [0.05, 0.1) is 6.61 Å². The summed E-state index contributed by atoms with van der Waals surface area (Å²) in [6.45, 7) is 3.35. The molecule has 1 unspecified atom stereocenters. The minimum atomic E-state index is -4.60. The summed E-state index contributed by atoms with van der Waals surface area (Å²) in [5, 5.41) is 2.67. The van der Waals surface area contributed by atoms with E-state index in [1.165, 1.54) is 10.9 Å². The van der Waals surface area contributed by atoms with Gasteiger partial charge in [0, 0.05) is 12.8 Å². The molecule has 2 aliphatic rings. The molecule has 180 valence electrons. The monoisotopic (exact) mass is 506 g/mol. The molecule has 0 aromatic carbocycles. The molecule has 2 fully saturated rings. The Morgan fingerprint density at radius 1 is 1.32 bits per heavy atom. The average Bonchev–Trinajstić information content (AvgIpc) is 3.25. The molecule has 0 saturated carbocycles. The van der Waals surface area contributed by atoms with Crippen molar-refractivity contribution in [1.82, 2.24) is 19.5 Å². The number of rotatable bonds is 7. The fourth-order valence-electron chi connectivity index (χ4n) is 3.75. The van der Waals surface area contributed by atoms with Gasteiger partial charge in [-0.3, -0.25) is 18.7 Å². The number of carbonyl (C=O) groups is 2. The number of aromatic nitrogens is 4. The maximum atomic E-state index is 12.3. The van der Waals surface area contributed by atoms with Gasteiger partial charge in [-0.2, -0.15) is 0 Å². The van der Waals surface area contributed by atoms with Crippen LogP contribution in [-0.4, -0.2) is 56.3 Å². The molecular weight excluding hydrogens is 482 g/mol. The molecule has 14 nitrogen and oxygen atoms in total. The predicted molar refractivity (Wildman–Crippen MR) is 110 cm³/mol. The quantitative estimate of drug-likeness (QED) is 0.231. The van der Waals surface area contributed by atoms with Gasteiger partial charge in [-0.1, -0.05) is 13.8 Å². The van der Waals surface area contributed by atoms with Crippen molar-refractivity contribution >= 4 is 42.6 Å². The van der Waals surface area contributed by atoms with Crippen molar-refractivity contribution in [3.63, 3.8) is 0 Å². The first-order valence-corrected chi connectivity index (χ1v) is 12.0. The van der Waals surface area contributed by atoms with Crippen LogP contribution in [0.2, 0.25) is 0 Å². The number of amides is 1. The van der Waals surface area contributed by atoms with Crippen molar-refractivity contribution in [2.75, 3.05) is 17.7 Å². The number of hydrogen-bond donors (Lipinski definition) is 2. The Morgan fingerprint density at radius 3 is 2.76 bits per heavy atom. The van der Waals surface area contributed by atoms with E-state index in [2.05, 4.69) is 20.3 Å². The largest absolute Gasteiger partial charge is 1.00 e. The zero-order valence-electron chi connectivity index (χ0n) is 19.0. The zero-order valence-corrected chi connectivity index (χ0v) is 21.9. The van der Waals surface area contributed by atoms with Crippen molar-refractivity contribution in [2.45, 2.75) is 64.1 Å². The molecule has 0 aliphatic carbocycles. The number of nitrogens with zero attached hydrogens (tertiary/aromatic N) is 4. The van der Waals surface area contributed by atoms with E-state index < -0.39 is 38.3 Å². The van der Waals surface area contributed by atoms with Crippen LogP contribution in [0.3, 0.4) is 0 Å². The van der Waals surface area contributed by atoms with Gasteiger partial charge in [-0.25, -0.2) is 15.0 Å². The van der Waals surface area contributed by atoms with Crippen LogP contribution >= 0.6 is 7.82 Å². The third-order valence-electron chi connectivity index (χ3n) is 5.15. The van der Waals surface area contributed by atoms with Crippen molar-refractivity contribution in [1.29, 1.82) is 0 Å². The summed E-state index contributed by atoms with van der Waals surface area (Å²) in [4.78, 5) is 48.8. The number of ether oxygens (including phenoxy) is 2. The van der Waals surface area contributed by atoms with Gasteiger partial charge in [-0.15, -0.1) is 0 Å². The number of nitrogens with two attached hydrogens (primary N) is 1. The van der Waals surface area contributed by atoms with Gasteiger partial charge >= 0.3 is 35.5 Å². The standard InChI is InChI=1S/C18H25N6O8P.Na/c1-3-5-10(25)22-15-12-16(21-8-20-15)24(18(19)23-12)17-14(31-11(26)6-4-2)13-9(30-17)7-29-33(27,28)32-13;/h8-9,13-14,17H,3-7H2,1-2H3,(H2,19,23)(H,27,28)(H,20,21,22,25);/q;+1/p-1/t9-,13-,14-,17-;/m1./s1. The third kappa shape index (κ3) is 5.44. The molecule has 4 heterocycles. The number of imidazole rings is 1. The molecule has 5 atom stereocenters. The predicted octanol–water partition coefficient (Wildman–Crippen LogP) is -2.36. The van der Waals surface area contributed by atoms with Crippen LogP contribution in [0.4, 0.5) is 11.8 Å². The summed E-state index contributed by atoms with van der Waals surface area (Å²) in [7, 11) is -4.60. The van der Waals surface area contributed by atoms with Crippen LogP contribution < -0.4 is 45.5 Å². The van der Waals surface area contributed by atoms with E-state index in [1.54, 1.807) is 6.92 Å². The van der Waals surface area contributed by atoms with Crippen molar-refractivity contribution in [3.05, 3.63) is 6.33 Å². The summed E-state index contributed by atoms with van der Waals surface area (Å²) >= 11 is 0. The van der Waals surface area contributed by atoms with Crippen molar-refractivity contribution in [3.8, 4) is 0 Å². The molecule has 2 aromatic heterocycles. The van der Waals surface area contributed by atoms with Crippen LogP contribution in [-0.2, 0) is 32.7 Å². The minimum Gasteiger partial charge on any atom is -0.756 e. The van der Waals surface area contributed by atoms with Crippen molar-refractivity contribution < 1.29 is 67.1 Å². The van der Waals surface area contributed by atoms with Crippen LogP contribution in [0.1, 0.15) is 45.8 Å². The second-order valence-corrected chi connectivity index (χ2v) is 8.98. The number of anilines is 2. The smallest absolute Gasteiger partial charge is 0.756 e. The van der Waals surface area contributed by atoms with E-state index in [9.17, 15) is 19.0 Å². The fraction of sp³-hybridized carbons (Fsp3) is 0.611. The zero-order chi connectivity index (χ0) is 23.8. The maximum absolute atomic E-state index is 12.3. The number of phosphoric ester groups is 1. The molecule has 0 radical (unpaired) electrons. The molecule has 0 spiro atoms. The number of phosphoric acid groups is 1. The average molecular weight is 506 g/mol. The Bertz CT molecular complexity index is 1120. The summed E-state index contributed by atoms with van der Waals surface area (Å²) in [5.74, 6) is -0.722. The third-order valence-corrected chi connectivity index (χ3v) is 6.12. The number of esters is 1.